The fourth-order valence-electron chi connectivity index (χ4n) is 2.87. The van der Waals surface area contributed by atoms with Gasteiger partial charge in [0.25, 0.3) is 0 Å². The molecule has 4 rings (SSSR count). The highest BCUT2D eigenvalue weighted by atomic mass is 16.2. The van der Waals surface area contributed by atoms with Crippen LogP contribution < -0.4 is 5.32 Å². The van der Waals surface area contributed by atoms with Gasteiger partial charge in [0, 0.05) is 36.4 Å². The van der Waals surface area contributed by atoms with E-state index in [2.05, 4.69) is 44.2 Å². The van der Waals surface area contributed by atoms with E-state index < -0.39 is 0 Å². The van der Waals surface area contributed by atoms with E-state index in [1.54, 1.807) is 4.52 Å². The van der Waals surface area contributed by atoms with Crippen LogP contribution in [-0.2, 0) is 11.8 Å². The second-order valence-corrected chi connectivity index (χ2v) is 6.47. The zero-order chi connectivity index (χ0) is 17.6. The molecule has 3 aromatic heterocycles. The number of carbonyl (C=O) groups is 1. The van der Waals surface area contributed by atoms with E-state index in [1.807, 2.05) is 45.4 Å². The molecule has 0 aliphatic rings. The van der Waals surface area contributed by atoms with E-state index in [1.165, 1.54) is 5.39 Å². The van der Waals surface area contributed by atoms with Crippen molar-refractivity contribution >= 4 is 28.4 Å². The van der Waals surface area contributed by atoms with Crippen LogP contribution >= 0.6 is 0 Å². The largest absolute Gasteiger partial charge is 0.351 e. The summed E-state index contributed by atoms with van der Waals surface area (Å²) in [5, 5.41) is 8.32. The van der Waals surface area contributed by atoms with Crippen molar-refractivity contribution in [2.45, 2.75) is 13.8 Å². The monoisotopic (exact) mass is 333 g/mol. The SMILES string of the molecule is CC(C)C(=O)Nc1nc2c(-c3ccc4ccn(C)c4c3)cccn2n1. The Hall–Kier alpha value is -3.15. The molecule has 0 aliphatic carbocycles. The van der Waals surface area contributed by atoms with Gasteiger partial charge in [0.1, 0.15) is 0 Å². The van der Waals surface area contributed by atoms with E-state index in [0.29, 0.717) is 5.95 Å². The molecule has 1 aromatic carbocycles. The fourth-order valence-corrected chi connectivity index (χ4v) is 2.87. The van der Waals surface area contributed by atoms with Crippen molar-refractivity contribution in [2.24, 2.45) is 13.0 Å². The van der Waals surface area contributed by atoms with Crippen molar-refractivity contribution in [3.05, 3.63) is 48.8 Å². The summed E-state index contributed by atoms with van der Waals surface area (Å²) in [5.74, 6) is 0.111. The van der Waals surface area contributed by atoms with Crippen LogP contribution in [0.5, 0.6) is 0 Å². The van der Waals surface area contributed by atoms with Crippen LogP contribution in [0, 0.1) is 5.92 Å². The summed E-state index contributed by atoms with van der Waals surface area (Å²) in [4.78, 5) is 16.4. The Bertz CT molecular complexity index is 1090. The van der Waals surface area contributed by atoms with E-state index in [4.69, 9.17) is 0 Å². The molecule has 25 heavy (non-hydrogen) atoms. The highest BCUT2D eigenvalue weighted by molar-refractivity contribution is 5.91. The minimum atomic E-state index is -0.120. The summed E-state index contributed by atoms with van der Waals surface area (Å²) in [6.45, 7) is 3.68. The van der Waals surface area contributed by atoms with Crippen molar-refractivity contribution in [1.82, 2.24) is 19.2 Å². The molecule has 0 bridgehead atoms. The highest BCUT2D eigenvalue weighted by Crippen LogP contribution is 2.28. The lowest BCUT2D eigenvalue weighted by Crippen LogP contribution is -2.18. The fraction of sp³-hybridized carbons (Fsp3) is 0.211. The molecule has 126 valence electrons. The first-order chi connectivity index (χ1) is 12.0. The van der Waals surface area contributed by atoms with Gasteiger partial charge in [-0.05, 0) is 35.2 Å². The average molecular weight is 333 g/mol. The van der Waals surface area contributed by atoms with Crippen LogP contribution in [0.2, 0.25) is 0 Å². The Morgan fingerprint density at radius 1 is 1.16 bits per heavy atom. The Kier molecular flexibility index (Phi) is 3.53. The minimum absolute atomic E-state index is 0.0947. The Morgan fingerprint density at radius 2 is 2.00 bits per heavy atom. The summed E-state index contributed by atoms with van der Waals surface area (Å²) >= 11 is 0. The second kappa shape index (κ2) is 5.73. The number of aryl methyl sites for hydroxylation is 1. The molecule has 0 fully saturated rings. The number of anilines is 1. The highest BCUT2D eigenvalue weighted by Gasteiger charge is 2.14. The number of hydrogen-bond donors (Lipinski definition) is 1. The number of hydrogen-bond acceptors (Lipinski definition) is 3. The summed E-state index contributed by atoms with van der Waals surface area (Å²) in [6, 6.07) is 12.4. The van der Waals surface area contributed by atoms with Gasteiger partial charge in [0.2, 0.25) is 11.9 Å². The molecular formula is C19H19N5O. The lowest BCUT2D eigenvalue weighted by molar-refractivity contribution is -0.118. The van der Waals surface area contributed by atoms with Crippen LogP contribution in [0.4, 0.5) is 5.95 Å². The average Bonchev–Trinajstić information content (AvgIpc) is 3.17. The third kappa shape index (κ3) is 2.65. The lowest BCUT2D eigenvalue weighted by Gasteiger charge is -2.04. The maximum atomic E-state index is 11.9. The van der Waals surface area contributed by atoms with Gasteiger partial charge >= 0.3 is 0 Å². The van der Waals surface area contributed by atoms with Crippen molar-refractivity contribution in [3.63, 3.8) is 0 Å². The van der Waals surface area contributed by atoms with E-state index >= 15 is 0 Å². The van der Waals surface area contributed by atoms with Gasteiger partial charge in [-0.2, -0.15) is 4.98 Å². The van der Waals surface area contributed by atoms with Crippen molar-refractivity contribution in [3.8, 4) is 11.1 Å². The molecule has 0 unspecified atom stereocenters. The lowest BCUT2D eigenvalue weighted by atomic mass is 10.1. The van der Waals surface area contributed by atoms with Crippen LogP contribution in [0.1, 0.15) is 13.8 Å². The standard InChI is InChI=1S/C19H19N5O/c1-12(2)18(25)21-19-20-17-15(5-4-9-24(17)22-19)14-7-6-13-8-10-23(3)16(13)11-14/h4-12H,1-3H3,(H,21,22,25). The number of nitrogens with zero attached hydrogens (tertiary/aromatic N) is 4. The van der Waals surface area contributed by atoms with Gasteiger partial charge in [-0.3, -0.25) is 10.1 Å². The minimum Gasteiger partial charge on any atom is -0.351 e. The number of amides is 1. The molecule has 6 nitrogen and oxygen atoms in total. The van der Waals surface area contributed by atoms with Crippen LogP contribution in [0.15, 0.2) is 48.8 Å². The summed E-state index contributed by atoms with van der Waals surface area (Å²) < 4.78 is 3.79. The number of rotatable bonds is 3. The number of fused-ring (bicyclic) bond motifs is 2. The zero-order valence-corrected chi connectivity index (χ0v) is 14.4. The maximum Gasteiger partial charge on any atom is 0.249 e. The zero-order valence-electron chi connectivity index (χ0n) is 14.4. The molecule has 0 saturated carbocycles. The summed E-state index contributed by atoms with van der Waals surface area (Å²) in [6.07, 6.45) is 3.88. The number of nitrogens with one attached hydrogen (secondary N) is 1. The number of benzene rings is 1. The van der Waals surface area contributed by atoms with Crippen molar-refractivity contribution in [2.75, 3.05) is 5.32 Å². The predicted octanol–water partition coefficient (Wildman–Crippen LogP) is 3.48. The van der Waals surface area contributed by atoms with Crippen LogP contribution in [0.25, 0.3) is 27.7 Å². The third-order valence-corrected chi connectivity index (χ3v) is 4.32. The molecule has 0 spiro atoms. The van der Waals surface area contributed by atoms with Crippen LogP contribution in [-0.4, -0.2) is 25.1 Å². The first kappa shape index (κ1) is 15.4. The van der Waals surface area contributed by atoms with Gasteiger partial charge in [0.15, 0.2) is 5.65 Å². The summed E-state index contributed by atoms with van der Waals surface area (Å²) in [7, 11) is 2.03. The van der Waals surface area contributed by atoms with E-state index in [9.17, 15) is 4.79 Å². The Labute approximate surface area is 145 Å². The number of aromatic nitrogens is 4. The maximum absolute atomic E-state index is 11.9. The molecule has 0 saturated heterocycles. The van der Waals surface area contributed by atoms with Crippen LogP contribution in [0.3, 0.4) is 0 Å². The molecule has 0 radical (unpaired) electrons. The molecule has 4 aromatic rings. The molecule has 6 heteroatoms. The topological polar surface area (TPSA) is 64.2 Å². The molecular weight excluding hydrogens is 314 g/mol. The van der Waals surface area contributed by atoms with E-state index in [-0.39, 0.29) is 11.8 Å². The molecule has 1 N–H and O–H groups in total. The number of pyridine rings is 1. The molecule has 0 aliphatic heterocycles. The normalized spacial score (nSPS) is 11.5. The van der Waals surface area contributed by atoms with E-state index in [0.717, 1.165) is 22.3 Å². The van der Waals surface area contributed by atoms with Gasteiger partial charge in [0.05, 0.1) is 0 Å². The molecule has 3 heterocycles. The third-order valence-electron chi connectivity index (χ3n) is 4.32. The first-order valence-electron chi connectivity index (χ1n) is 8.24. The van der Waals surface area contributed by atoms with Gasteiger partial charge < -0.3 is 4.57 Å². The number of carbonyl (C=O) groups excluding carboxylic acids is 1. The molecule has 1 amide bonds. The smallest absolute Gasteiger partial charge is 0.249 e. The molecule has 0 atom stereocenters. The Balaban J connectivity index is 1.82. The quantitative estimate of drug-likeness (QED) is 0.624. The predicted molar refractivity (Wildman–Crippen MR) is 98.4 cm³/mol. The van der Waals surface area contributed by atoms with Gasteiger partial charge in [-0.1, -0.05) is 26.0 Å². The van der Waals surface area contributed by atoms with Gasteiger partial charge in [-0.15, -0.1) is 5.10 Å². The Morgan fingerprint density at radius 3 is 2.80 bits per heavy atom. The van der Waals surface area contributed by atoms with Crippen molar-refractivity contribution in [1.29, 1.82) is 0 Å². The van der Waals surface area contributed by atoms with Gasteiger partial charge in [-0.25, -0.2) is 4.52 Å². The summed E-state index contributed by atoms with van der Waals surface area (Å²) in [5.41, 5.74) is 3.92. The van der Waals surface area contributed by atoms with Crippen molar-refractivity contribution < 1.29 is 4.79 Å². The first-order valence-corrected chi connectivity index (χ1v) is 8.24. The second-order valence-electron chi connectivity index (χ2n) is 6.47.